The van der Waals surface area contributed by atoms with E-state index in [0.29, 0.717) is 17.6 Å². The number of ketones is 1. The van der Waals surface area contributed by atoms with Gasteiger partial charge in [-0.15, -0.1) is 0 Å². The third-order valence-corrected chi connectivity index (χ3v) is 4.91. The van der Waals surface area contributed by atoms with Crippen LogP contribution in [-0.4, -0.2) is 5.78 Å². The Balaban J connectivity index is 1.92. The molecule has 0 aromatic rings. The molecule has 1 heteroatoms. The van der Waals surface area contributed by atoms with E-state index < -0.39 is 0 Å². The zero-order chi connectivity index (χ0) is 9.00. The molecule has 72 valence electrons. The largest absolute Gasteiger partial charge is 0.299 e. The van der Waals surface area contributed by atoms with E-state index in [4.69, 9.17) is 0 Å². The normalized spacial score (nSPS) is 53.0. The van der Waals surface area contributed by atoms with Gasteiger partial charge >= 0.3 is 0 Å². The average Bonchev–Trinajstić information content (AvgIpc) is 2.71. The standard InChI is InChI=1S/C12H18O/c1-2-7-10-6-11(12(7)13)9-5-3-4-8(9)10/h7-11H,2-6H2,1H3. The minimum Gasteiger partial charge on any atom is -0.299 e. The third kappa shape index (κ3) is 0.858. The van der Waals surface area contributed by atoms with Gasteiger partial charge in [0.05, 0.1) is 0 Å². The Labute approximate surface area is 79.9 Å². The summed E-state index contributed by atoms with van der Waals surface area (Å²) in [5, 5.41) is 0. The number of hydrogen-bond donors (Lipinski definition) is 0. The van der Waals surface area contributed by atoms with Crippen LogP contribution in [-0.2, 0) is 4.79 Å². The van der Waals surface area contributed by atoms with Crippen molar-refractivity contribution in [2.24, 2.45) is 29.6 Å². The van der Waals surface area contributed by atoms with Crippen LogP contribution in [0.5, 0.6) is 0 Å². The number of rotatable bonds is 1. The lowest BCUT2D eigenvalue weighted by molar-refractivity contribution is -0.128. The molecule has 1 nitrogen and oxygen atoms in total. The van der Waals surface area contributed by atoms with Crippen molar-refractivity contribution >= 4 is 5.78 Å². The van der Waals surface area contributed by atoms with Crippen LogP contribution in [0, 0.1) is 29.6 Å². The maximum absolute atomic E-state index is 11.9. The van der Waals surface area contributed by atoms with Gasteiger partial charge in [-0.2, -0.15) is 0 Å². The summed E-state index contributed by atoms with van der Waals surface area (Å²) in [7, 11) is 0. The summed E-state index contributed by atoms with van der Waals surface area (Å²) in [6.45, 7) is 2.19. The molecule has 3 aliphatic carbocycles. The first-order valence-corrected chi connectivity index (χ1v) is 5.86. The van der Waals surface area contributed by atoms with E-state index in [-0.39, 0.29) is 0 Å². The topological polar surface area (TPSA) is 17.1 Å². The Bertz CT molecular complexity index is 246. The van der Waals surface area contributed by atoms with E-state index in [9.17, 15) is 4.79 Å². The Hall–Kier alpha value is -0.330. The Morgan fingerprint density at radius 2 is 2.00 bits per heavy atom. The molecule has 0 aromatic heterocycles. The molecule has 3 saturated carbocycles. The Morgan fingerprint density at radius 3 is 2.77 bits per heavy atom. The second-order valence-electron chi connectivity index (χ2n) is 5.18. The second kappa shape index (κ2) is 2.59. The van der Waals surface area contributed by atoms with Crippen molar-refractivity contribution in [3.05, 3.63) is 0 Å². The molecule has 0 N–H and O–H groups in total. The molecule has 0 amide bonds. The fourth-order valence-corrected chi connectivity index (χ4v) is 4.47. The minimum atomic E-state index is 0.462. The number of carbonyl (C=O) groups is 1. The van der Waals surface area contributed by atoms with E-state index >= 15 is 0 Å². The lowest BCUT2D eigenvalue weighted by Gasteiger charge is -2.29. The number of Topliss-reactive ketones (excluding diaryl/α,β-unsaturated/α-hetero) is 1. The van der Waals surface area contributed by atoms with Crippen molar-refractivity contribution in [2.75, 3.05) is 0 Å². The lowest BCUT2D eigenvalue weighted by atomic mass is 9.74. The fraction of sp³-hybridized carbons (Fsp3) is 0.917. The van der Waals surface area contributed by atoms with Gasteiger partial charge in [-0.1, -0.05) is 13.3 Å². The first-order chi connectivity index (χ1) is 6.33. The molecular formula is C12H18O. The van der Waals surface area contributed by atoms with Crippen LogP contribution in [0.2, 0.25) is 0 Å². The number of carbonyl (C=O) groups excluding carboxylic acids is 1. The summed E-state index contributed by atoms with van der Waals surface area (Å²) >= 11 is 0. The van der Waals surface area contributed by atoms with Crippen molar-refractivity contribution in [2.45, 2.75) is 39.0 Å². The van der Waals surface area contributed by atoms with Gasteiger partial charge < -0.3 is 0 Å². The minimum absolute atomic E-state index is 0.462. The highest BCUT2D eigenvalue weighted by Gasteiger charge is 2.57. The molecule has 3 rings (SSSR count). The molecule has 2 bridgehead atoms. The van der Waals surface area contributed by atoms with E-state index in [2.05, 4.69) is 6.92 Å². The molecule has 0 spiro atoms. The predicted molar refractivity (Wildman–Crippen MR) is 51.2 cm³/mol. The highest BCUT2D eigenvalue weighted by molar-refractivity contribution is 5.87. The smallest absolute Gasteiger partial charge is 0.139 e. The number of hydrogen-bond acceptors (Lipinski definition) is 1. The highest BCUT2D eigenvalue weighted by atomic mass is 16.1. The van der Waals surface area contributed by atoms with Gasteiger partial charge in [0.2, 0.25) is 0 Å². The molecule has 0 heterocycles. The SMILES string of the molecule is CCC1C(=O)C2CC1C1CCCC21. The summed E-state index contributed by atoms with van der Waals surface area (Å²) in [6.07, 6.45) is 6.53. The van der Waals surface area contributed by atoms with E-state index in [1.165, 1.54) is 25.7 Å². The van der Waals surface area contributed by atoms with E-state index in [1.807, 2.05) is 0 Å². The summed E-state index contributed by atoms with van der Waals surface area (Å²) in [4.78, 5) is 11.9. The summed E-state index contributed by atoms with van der Waals surface area (Å²) in [5.74, 6) is 4.17. The van der Waals surface area contributed by atoms with Crippen LogP contribution in [0.1, 0.15) is 39.0 Å². The highest BCUT2D eigenvalue weighted by Crippen LogP contribution is 2.59. The molecule has 5 unspecified atom stereocenters. The summed E-state index contributed by atoms with van der Waals surface area (Å²) < 4.78 is 0. The lowest BCUT2D eigenvalue weighted by Crippen LogP contribution is -2.32. The zero-order valence-corrected chi connectivity index (χ0v) is 8.33. The molecule has 3 aliphatic rings. The fourth-order valence-electron chi connectivity index (χ4n) is 4.47. The van der Waals surface area contributed by atoms with Crippen molar-refractivity contribution in [3.8, 4) is 0 Å². The molecule has 0 radical (unpaired) electrons. The molecule has 0 aliphatic heterocycles. The monoisotopic (exact) mass is 178 g/mol. The van der Waals surface area contributed by atoms with Gasteiger partial charge in [-0.3, -0.25) is 4.79 Å². The maximum atomic E-state index is 11.9. The van der Waals surface area contributed by atoms with Crippen LogP contribution < -0.4 is 0 Å². The first-order valence-electron chi connectivity index (χ1n) is 5.86. The summed E-state index contributed by atoms with van der Waals surface area (Å²) in [6, 6.07) is 0. The van der Waals surface area contributed by atoms with E-state index in [0.717, 1.165) is 24.2 Å². The van der Waals surface area contributed by atoms with Gasteiger partial charge in [-0.25, -0.2) is 0 Å². The van der Waals surface area contributed by atoms with Crippen LogP contribution in [0.15, 0.2) is 0 Å². The van der Waals surface area contributed by atoms with Crippen molar-refractivity contribution in [1.29, 1.82) is 0 Å². The van der Waals surface area contributed by atoms with Gasteiger partial charge in [0.15, 0.2) is 0 Å². The van der Waals surface area contributed by atoms with E-state index in [1.54, 1.807) is 0 Å². The predicted octanol–water partition coefficient (Wildman–Crippen LogP) is 2.65. The van der Waals surface area contributed by atoms with Crippen LogP contribution in [0.3, 0.4) is 0 Å². The van der Waals surface area contributed by atoms with Crippen molar-refractivity contribution in [1.82, 2.24) is 0 Å². The van der Waals surface area contributed by atoms with Crippen molar-refractivity contribution < 1.29 is 4.79 Å². The quantitative estimate of drug-likeness (QED) is 0.603. The van der Waals surface area contributed by atoms with Gasteiger partial charge in [-0.05, 0) is 43.4 Å². The van der Waals surface area contributed by atoms with Crippen LogP contribution in [0.25, 0.3) is 0 Å². The number of fused-ring (bicyclic) bond motifs is 5. The van der Waals surface area contributed by atoms with Gasteiger partial charge in [0.25, 0.3) is 0 Å². The molecule has 13 heavy (non-hydrogen) atoms. The average molecular weight is 178 g/mol. The maximum Gasteiger partial charge on any atom is 0.139 e. The van der Waals surface area contributed by atoms with Gasteiger partial charge in [0.1, 0.15) is 5.78 Å². The first kappa shape index (κ1) is 8.02. The van der Waals surface area contributed by atoms with Crippen LogP contribution >= 0.6 is 0 Å². The molecule has 0 aromatic carbocycles. The Kier molecular flexibility index (Phi) is 1.59. The summed E-state index contributed by atoms with van der Waals surface area (Å²) in [5.41, 5.74) is 0. The van der Waals surface area contributed by atoms with Crippen LogP contribution in [0.4, 0.5) is 0 Å². The second-order valence-corrected chi connectivity index (χ2v) is 5.18. The molecule has 3 fully saturated rings. The molecule has 0 saturated heterocycles. The molecule has 5 atom stereocenters. The van der Waals surface area contributed by atoms with Crippen molar-refractivity contribution in [3.63, 3.8) is 0 Å². The Morgan fingerprint density at radius 1 is 1.23 bits per heavy atom. The third-order valence-electron chi connectivity index (χ3n) is 4.91. The molecular weight excluding hydrogens is 160 g/mol. The zero-order valence-electron chi connectivity index (χ0n) is 8.33. The van der Waals surface area contributed by atoms with Gasteiger partial charge in [0, 0.05) is 11.8 Å².